The zero-order valence-electron chi connectivity index (χ0n) is 19.9. The van der Waals surface area contributed by atoms with Crippen molar-refractivity contribution in [3.8, 4) is 0 Å². The van der Waals surface area contributed by atoms with E-state index in [9.17, 15) is 14.3 Å². The van der Waals surface area contributed by atoms with Crippen LogP contribution in [-0.2, 0) is 4.74 Å². The van der Waals surface area contributed by atoms with E-state index in [2.05, 4.69) is 17.3 Å². The molecule has 182 valence electrons. The third kappa shape index (κ3) is 4.06. The number of hydrogen-bond donors (Lipinski definition) is 2. The van der Waals surface area contributed by atoms with Crippen LogP contribution < -0.4 is 5.32 Å². The molecule has 1 aromatic carbocycles. The van der Waals surface area contributed by atoms with E-state index in [0.717, 1.165) is 32.2 Å². The number of para-hydroxylation sites is 1. The lowest BCUT2D eigenvalue weighted by Gasteiger charge is -2.57. The maximum atomic E-state index is 14.0. The summed E-state index contributed by atoms with van der Waals surface area (Å²) in [5.74, 6) is 2.08. The number of fused-ring (bicyclic) bond motifs is 4. The first kappa shape index (κ1) is 23.1. The Hall–Kier alpha value is -1.70. The second kappa shape index (κ2) is 9.16. The number of anilines is 1. The summed E-state index contributed by atoms with van der Waals surface area (Å²) in [6, 6.07) is 6.34. The molecule has 33 heavy (non-hydrogen) atoms. The van der Waals surface area contributed by atoms with Crippen LogP contribution in [0.15, 0.2) is 24.3 Å². The molecule has 1 spiro atoms. The molecule has 5 unspecified atom stereocenters. The topological polar surface area (TPSA) is 65.0 Å². The van der Waals surface area contributed by atoms with Crippen molar-refractivity contribution in [3.05, 3.63) is 30.1 Å². The maximum Gasteiger partial charge on any atom is 0.321 e. The van der Waals surface area contributed by atoms with E-state index in [1.54, 1.807) is 18.2 Å². The van der Waals surface area contributed by atoms with Crippen LogP contribution in [0.3, 0.4) is 0 Å². The highest BCUT2D eigenvalue weighted by atomic mass is 19.1. The van der Waals surface area contributed by atoms with Crippen LogP contribution in [0.25, 0.3) is 0 Å². The van der Waals surface area contributed by atoms with E-state index in [-0.39, 0.29) is 29.8 Å². The van der Waals surface area contributed by atoms with Gasteiger partial charge in [-0.05, 0) is 86.8 Å². The number of amides is 2. The first-order valence-corrected chi connectivity index (χ1v) is 12.6. The number of nitrogens with one attached hydrogen (secondary N) is 1. The van der Waals surface area contributed by atoms with Crippen molar-refractivity contribution < 1.29 is 19.0 Å². The number of piperidine rings is 2. The molecule has 7 heteroatoms. The molecular formula is C26H38FN3O3. The number of likely N-dealkylation sites (tertiary alicyclic amines) is 2. The summed E-state index contributed by atoms with van der Waals surface area (Å²) in [6.07, 6.45) is 6.99. The highest BCUT2D eigenvalue weighted by molar-refractivity contribution is 5.89. The van der Waals surface area contributed by atoms with E-state index in [4.69, 9.17) is 4.74 Å². The maximum absolute atomic E-state index is 14.0. The largest absolute Gasteiger partial charge is 0.395 e. The summed E-state index contributed by atoms with van der Waals surface area (Å²) in [4.78, 5) is 17.1. The number of aliphatic hydroxyl groups excluding tert-OH is 1. The lowest BCUT2D eigenvalue weighted by Crippen LogP contribution is -2.61. The third-order valence-corrected chi connectivity index (χ3v) is 9.50. The molecule has 2 N–H and O–H groups in total. The smallest absolute Gasteiger partial charge is 0.321 e. The number of aliphatic hydroxyl groups is 1. The standard InChI is InChI=1S/C26H38FN3O3/c1-29-16-26(9-11-30(12-10-26)25(32)28-22-6-4-3-5-21(22)27)24-19-8-7-18(33-2)13-17(19)14-20(24)23(29)15-31/h3-6,17-20,23-24,31H,7-16H2,1-2H3,(H,28,32)/t17?,18?,19?,20?,23-,24?/m0/s1. The molecule has 6 nitrogen and oxygen atoms in total. The van der Waals surface area contributed by atoms with Gasteiger partial charge in [0, 0.05) is 32.8 Å². The van der Waals surface area contributed by atoms with Gasteiger partial charge in [0.25, 0.3) is 0 Å². The molecule has 2 aliphatic carbocycles. The van der Waals surface area contributed by atoms with Crippen LogP contribution in [0, 0.1) is 34.9 Å². The third-order valence-electron chi connectivity index (χ3n) is 9.50. The van der Waals surface area contributed by atoms with Gasteiger partial charge in [-0.15, -0.1) is 0 Å². The molecule has 4 aliphatic rings. The number of methoxy groups -OCH3 is 1. The molecule has 0 aromatic heterocycles. The van der Waals surface area contributed by atoms with Gasteiger partial charge in [0.1, 0.15) is 5.82 Å². The second-order valence-corrected chi connectivity index (χ2v) is 10.9. The number of ether oxygens (including phenoxy) is 1. The number of carbonyl (C=O) groups is 1. The fourth-order valence-electron chi connectivity index (χ4n) is 8.05. The SMILES string of the molecule is COC1CCC2C(C1)CC1C2C2(CCN(C(=O)Nc3ccccc3F)CC2)CN(C)[C@H]1CO. The van der Waals surface area contributed by atoms with E-state index in [0.29, 0.717) is 42.9 Å². The quantitative estimate of drug-likeness (QED) is 0.722. The van der Waals surface area contributed by atoms with Gasteiger partial charge in [0.05, 0.1) is 18.4 Å². The average molecular weight is 460 g/mol. The van der Waals surface area contributed by atoms with Gasteiger partial charge >= 0.3 is 6.03 Å². The Balaban J connectivity index is 1.32. The van der Waals surface area contributed by atoms with Crippen molar-refractivity contribution in [2.24, 2.45) is 29.1 Å². The molecule has 0 bridgehead atoms. The average Bonchev–Trinajstić information content (AvgIpc) is 3.20. The highest BCUT2D eigenvalue weighted by Crippen LogP contribution is 2.61. The molecule has 4 fully saturated rings. The van der Waals surface area contributed by atoms with E-state index < -0.39 is 5.82 Å². The summed E-state index contributed by atoms with van der Waals surface area (Å²) < 4.78 is 19.7. The number of nitrogens with zero attached hydrogens (tertiary/aromatic N) is 2. The summed E-state index contributed by atoms with van der Waals surface area (Å²) in [5.41, 5.74) is 0.415. The fourth-order valence-corrected chi connectivity index (χ4v) is 8.05. The lowest BCUT2D eigenvalue weighted by molar-refractivity contribution is -0.0941. The Kier molecular flexibility index (Phi) is 6.40. The van der Waals surface area contributed by atoms with Gasteiger partial charge in [-0.3, -0.25) is 0 Å². The van der Waals surface area contributed by atoms with Gasteiger partial charge in [-0.1, -0.05) is 12.1 Å². The number of carbonyl (C=O) groups excluding carboxylic acids is 1. The summed E-state index contributed by atoms with van der Waals surface area (Å²) >= 11 is 0. The molecule has 2 saturated carbocycles. The van der Waals surface area contributed by atoms with Gasteiger partial charge in [-0.25, -0.2) is 9.18 Å². The first-order valence-electron chi connectivity index (χ1n) is 12.6. The van der Waals surface area contributed by atoms with Gasteiger partial charge in [0.2, 0.25) is 0 Å². The van der Waals surface area contributed by atoms with Gasteiger partial charge < -0.3 is 25.0 Å². The molecule has 2 heterocycles. The van der Waals surface area contributed by atoms with Crippen LogP contribution in [0.1, 0.15) is 38.5 Å². The van der Waals surface area contributed by atoms with Gasteiger partial charge in [0.15, 0.2) is 0 Å². The monoisotopic (exact) mass is 459 g/mol. The Labute approximate surface area is 196 Å². The summed E-state index contributed by atoms with van der Waals surface area (Å²) in [7, 11) is 4.00. The van der Waals surface area contributed by atoms with Crippen LogP contribution in [0.5, 0.6) is 0 Å². The molecule has 2 aliphatic heterocycles. The van der Waals surface area contributed by atoms with E-state index in [1.165, 1.54) is 18.9 Å². The second-order valence-electron chi connectivity index (χ2n) is 10.9. The van der Waals surface area contributed by atoms with E-state index >= 15 is 0 Å². The van der Waals surface area contributed by atoms with Crippen molar-refractivity contribution in [2.75, 3.05) is 45.7 Å². The Morgan fingerprint density at radius 3 is 2.67 bits per heavy atom. The predicted octanol–water partition coefficient (Wildman–Crippen LogP) is 3.81. The minimum absolute atomic E-state index is 0.180. The predicted molar refractivity (Wildman–Crippen MR) is 125 cm³/mol. The highest BCUT2D eigenvalue weighted by Gasteiger charge is 2.60. The minimum Gasteiger partial charge on any atom is -0.395 e. The number of likely N-dealkylation sites (N-methyl/N-ethyl adjacent to an activating group) is 1. The molecule has 5 rings (SSSR count). The zero-order chi connectivity index (χ0) is 23.2. The van der Waals surface area contributed by atoms with Crippen molar-refractivity contribution in [1.29, 1.82) is 0 Å². The molecule has 6 atom stereocenters. The molecule has 0 radical (unpaired) electrons. The molecule has 2 amide bonds. The Bertz CT molecular complexity index is 859. The molecule has 1 aromatic rings. The number of urea groups is 1. The summed E-state index contributed by atoms with van der Waals surface area (Å²) in [5, 5.41) is 13.0. The number of rotatable bonds is 3. The number of hydrogen-bond acceptors (Lipinski definition) is 4. The lowest BCUT2D eigenvalue weighted by atomic mass is 9.57. The first-order chi connectivity index (χ1) is 16.0. The van der Waals surface area contributed by atoms with Crippen LogP contribution in [0.4, 0.5) is 14.9 Å². The summed E-state index contributed by atoms with van der Waals surface area (Å²) in [6.45, 7) is 2.59. The zero-order valence-corrected chi connectivity index (χ0v) is 19.9. The number of halogens is 1. The van der Waals surface area contributed by atoms with Crippen LogP contribution in [0.2, 0.25) is 0 Å². The minimum atomic E-state index is -0.408. The van der Waals surface area contributed by atoms with Crippen LogP contribution >= 0.6 is 0 Å². The fraction of sp³-hybridized carbons (Fsp3) is 0.731. The Morgan fingerprint density at radius 2 is 1.97 bits per heavy atom. The van der Waals surface area contributed by atoms with Crippen molar-refractivity contribution in [1.82, 2.24) is 9.80 Å². The normalized spacial score (nSPS) is 35.8. The number of benzene rings is 1. The van der Waals surface area contributed by atoms with Crippen LogP contribution in [-0.4, -0.2) is 73.5 Å². The molecule has 2 saturated heterocycles. The Morgan fingerprint density at radius 1 is 1.21 bits per heavy atom. The van der Waals surface area contributed by atoms with Crippen molar-refractivity contribution >= 4 is 11.7 Å². The van der Waals surface area contributed by atoms with E-state index in [1.807, 2.05) is 12.0 Å². The molecular weight excluding hydrogens is 421 g/mol. The van der Waals surface area contributed by atoms with Gasteiger partial charge in [-0.2, -0.15) is 0 Å². The van der Waals surface area contributed by atoms with Crippen molar-refractivity contribution in [2.45, 2.75) is 50.7 Å². The van der Waals surface area contributed by atoms with Crippen molar-refractivity contribution in [3.63, 3.8) is 0 Å².